The van der Waals surface area contributed by atoms with Gasteiger partial charge in [-0.3, -0.25) is 9.59 Å². The number of carbonyl (C=O) groups excluding carboxylic acids is 1. The largest absolute Gasteiger partial charge is 0.473 e. The predicted molar refractivity (Wildman–Crippen MR) is 173 cm³/mol. The second kappa shape index (κ2) is 13.0. The lowest BCUT2D eigenvalue weighted by Gasteiger charge is -2.22. The van der Waals surface area contributed by atoms with Crippen LogP contribution in [0.4, 0.5) is 5.69 Å². The molecule has 0 spiro atoms. The second-order valence-electron chi connectivity index (χ2n) is 11.3. The number of pyridine rings is 2. The third-order valence-electron chi connectivity index (χ3n) is 7.07. The number of aromatic nitrogens is 4. The van der Waals surface area contributed by atoms with Crippen LogP contribution in [0.2, 0.25) is 0 Å². The zero-order valence-electron chi connectivity index (χ0n) is 26.4. The van der Waals surface area contributed by atoms with E-state index in [-0.39, 0.29) is 17.7 Å². The van der Waals surface area contributed by atoms with Crippen LogP contribution in [0.25, 0.3) is 27.7 Å². The van der Waals surface area contributed by atoms with Crippen molar-refractivity contribution in [1.82, 2.24) is 24.4 Å². The van der Waals surface area contributed by atoms with Crippen LogP contribution in [0.3, 0.4) is 0 Å². The van der Waals surface area contributed by atoms with E-state index >= 15 is 0 Å². The van der Waals surface area contributed by atoms with Crippen LogP contribution in [-0.2, 0) is 11.8 Å². The van der Waals surface area contributed by atoms with Crippen molar-refractivity contribution >= 4 is 28.4 Å². The van der Waals surface area contributed by atoms with E-state index in [1.807, 2.05) is 77.0 Å². The third-order valence-corrected chi connectivity index (χ3v) is 7.07. The van der Waals surface area contributed by atoms with Gasteiger partial charge in [-0.1, -0.05) is 12.1 Å². The average molecular weight is 581 g/mol. The Kier molecular flexibility index (Phi) is 9.43. The first-order chi connectivity index (χ1) is 20.4. The number of ether oxygens (including phenoxy) is 1. The number of nitrogens with zero attached hydrogens (tertiary/aromatic N) is 5. The monoisotopic (exact) mass is 580 g/mol. The fourth-order valence-electron chi connectivity index (χ4n) is 4.86. The summed E-state index contributed by atoms with van der Waals surface area (Å²) in [5.41, 5.74) is 6.31. The van der Waals surface area contributed by atoms with Crippen molar-refractivity contribution in [3.63, 3.8) is 0 Å². The molecule has 0 aliphatic rings. The van der Waals surface area contributed by atoms with E-state index in [0.717, 1.165) is 39.9 Å². The van der Waals surface area contributed by atoms with Gasteiger partial charge in [-0.15, -0.1) is 0 Å². The normalized spacial score (nSPS) is 12.9. The molecule has 1 N–H and O–H groups in total. The van der Waals surface area contributed by atoms with Gasteiger partial charge in [0, 0.05) is 56.2 Å². The molecule has 9 nitrogen and oxygen atoms in total. The molecule has 0 radical (unpaired) electrons. The lowest BCUT2D eigenvalue weighted by Crippen LogP contribution is -2.20. The molecular formula is C34H40N6O3. The van der Waals surface area contributed by atoms with Crippen molar-refractivity contribution in [2.45, 2.75) is 53.7 Å². The molecule has 0 saturated heterocycles. The summed E-state index contributed by atoms with van der Waals surface area (Å²) >= 11 is 0. The quantitative estimate of drug-likeness (QED) is 0.138. The maximum absolute atomic E-state index is 13.7. The number of allylic oxidation sites excluding steroid dienone is 3. The molecular weight excluding hydrogens is 540 g/mol. The molecule has 1 unspecified atom stereocenters. The first-order valence-corrected chi connectivity index (χ1v) is 14.3. The Morgan fingerprint density at radius 2 is 1.72 bits per heavy atom. The van der Waals surface area contributed by atoms with E-state index in [4.69, 9.17) is 4.74 Å². The van der Waals surface area contributed by atoms with Crippen molar-refractivity contribution < 1.29 is 9.53 Å². The summed E-state index contributed by atoms with van der Waals surface area (Å²) in [5, 5.41) is 5.06. The molecule has 1 atom stereocenters. The van der Waals surface area contributed by atoms with Crippen LogP contribution in [0.5, 0.6) is 5.88 Å². The number of anilines is 1. The molecule has 4 rings (SSSR count). The van der Waals surface area contributed by atoms with Gasteiger partial charge in [-0.25, -0.2) is 15.0 Å². The van der Waals surface area contributed by atoms with E-state index < -0.39 is 0 Å². The van der Waals surface area contributed by atoms with Crippen LogP contribution >= 0.6 is 0 Å². The van der Waals surface area contributed by atoms with Gasteiger partial charge in [0.05, 0.1) is 23.2 Å². The zero-order chi connectivity index (χ0) is 31.4. The van der Waals surface area contributed by atoms with Gasteiger partial charge in [-0.05, 0) is 94.0 Å². The smallest absolute Gasteiger partial charge is 0.258 e. The van der Waals surface area contributed by atoms with E-state index in [2.05, 4.69) is 33.3 Å². The summed E-state index contributed by atoms with van der Waals surface area (Å²) in [7, 11) is 5.55. The molecule has 0 saturated carbocycles. The number of fused-ring (bicyclic) bond motifs is 1. The average Bonchev–Trinajstić information content (AvgIpc) is 2.96. The number of aryl methyl sites for hydroxylation is 2. The van der Waals surface area contributed by atoms with Gasteiger partial charge in [-0.2, -0.15) is 0 Å². The minimum absolute atomic E-state index is 0.0228. The van der Waals surface area contributed by atoms with Crippen LogP contribution in [0.15, 0.2) is 65.2 Å². The van der Waals surface area contributed by atoms with Gasteiger partial charge in [0.2, 0.25) is 5.88 Å². The van der Waals surface area contributed by atoms with Crippen molar-refractivity contribution in [1.29, 1.82) is 0 Å². The number of nitrogens with one attached hydrogen (secondary N) is 1. The van der Waals surface area contributed by atoms with Crippen LogP contribution in [0, 0.1) is 13.8 Å². The van der Waals surface area contributed by atoms with Gasteiger partial charge in [0.25, 0.3) is 5.56 Å². The molecule has 0 amide bonds. The first-order valence-electron chi connectivity index (χ1n) is 14.3. The fraction of sp³-hybridized carbons (Fsp3) is 0.324. The van der Waals surface area contributed by atoms with Crippen molar-refractivity contribution in [3.05, 3.63) is 93.4 Å². The van der Waals surface area contributed by atoms with Crippen molar-refractivity contribution in [2.75, 3.05) is 19.4 Å². The maximum Gasteiger partial charge on any atom is 0.258 e. The molecule has 1 aromatic carbocycles. The highest BCUT2D eigenvalue weighted by Gasteiger charge is 2.19. The van der Waals surface area contributed by atoms with Gasteiger partial charge >= 0.3 is 0 Å². The Hall–Kier alpha value is -4.79. The zero-order valence-corrected chi connectivity index (χ0v) is 26.4. The number of hydrogen-bond acceptors (Lipinski definition) is 8. The standard InChI is InChI=1S/C34H40N6O3/c1-20(2)43-33-29(12-11-23(5)37-33)38-24(6)26-14-22(4)15-28-27(26)16-31(40(9)34(28)42)25-17-35-32(36-18-25)30(39(7)8)13-10-21(3)19-41/h10-20,24,38H,1-9H3/b21-10-,30-13-. The van der Waals surface area contributed by atoms with Crippen LogP contribution in [-0.4, -0.2) is 50.9 Å². The minimum atomic E-state index is -0.157. The number of rotatable bonds is 10. The predicted octanol–water partition coefficient (Wildman–Crippen LogP) is 6.02. The summed E-state index contributed by atoms with van der Waals surface area (Å²) < 4.78 is 7.63. The lowest BCUT2D eigenvalue weighted by molar-refractivity contribution is -0.104. The summed E-state index contributed by atoms with van der Waals surface area (Å²) in [6.45, 7) is 11.7. The summed E-state index contributed by atoms with van der Waals surface area (Å²) in [6, 6.07) is 9.84. The van der Waals surface area contributed by atoms with E-state index in [1.54, 1.807) is 37.0 Å². The number of aldehydes is 1. The Balaban J connectivity index is 1.79. The van der Waals surface area contributed by atoms with Crippen LogP contribution < -0.4 is 15.6 Å². The molecule has 224 valence electrons. The van der Waals surface area contributed by atoms with Crippen molar-refractivity contribution in [2.24, 2.45) is 7.05 Å². The SMILES string of the molecule is C/C(C=O)=C/C=C(/c1ncc(-c2cc3c(C(C)Nc4ccc(C)nc4OC(C)C)cc(C)cc3c(=O)n2C)cn1)N(C)C. The van der Waals surface area contributed by atoms with Gasteiger partial charge < -0.3 is 19.5 Å². The van der Waals surface area contributed by atoms with Crippen molar-refractivity contribution in [3.8, 4) is 17.1 Å². The van der Waals surface area contributed by atoms with Crippen LogP contribution in [0.1, 0.15) is 56.4 Å². The second-order valence-corrected chi connectivity index (χ2v) is 11.3. The van der Waals surface area contributed by atoms with E-state index in [1.165, 1.54) is 0 Å². The van der Waals surface area contributed by atoms with E-state index in [0.29, 0.717) is 33.9 Å². The number of hydrogen-bond donors (Lipinski definition) is 1. The highest BCUT2D eigenvalue weighted by Crippen LogP contribution is 2.33. The molecule has 3 heterocycles. The Labute approximate surface area is 253 Å². The van der Waals surface area contributed by atoms with Gasteiger partial charge in [0.1, 0.15) is 6.29 Å². The first kappa shape index (κ1) is 31.2. The topological polar surface area (TPSA) is 102 Å². The van der Waals surface area contributed by atoms with E-state index in [9.17, 15) is 9.59 Å². The molecule has 0 aliphatic heterocycles. The Bertz CT molecular complexity index is 1770. The molecule has 9 heteroatoms. The number of carbonyl (C=O) groups is 1. The van der Waals surface area contributed by atoms with Gasteiger partial charge in [0.15, 0.2) is 5.82 Å². The molecule has 0 fully saturated rings. The third kappa shape index (κ3) is 6.99. The molecule has 4 aromatic rings. The highest BCUT2D eigenvalue weighted by molar-refractivity contribution is 5.89. The Morgan fingerprint density at radius 1 is 1.02 bits per heavy atom. The molecule has 3 aromatic heterocycles. The maximum atomic E-state index is 13.7. The molecule has 0 bridgehead atoms. The summed E-state index contributed by atoms with van der Waals surface area (Å²) in [4.78, 5) is 40.4. The highest BCUT2D eigenvalue weighted by atomic mass is 16.5. The lowest BCUT2D eigenvalue weighted by atomic mass is 9.96. The summed E-state index contributed by atoms with van der Waals surface area (Å²) in [5.74, 6) is 1.06. The summed E-state index contributed by atoms with van der Waals surface area (Å²) in [6.07, 6.45) is 7.77. The molecule has 43 heavy (non-hydrogen) atoms. The fourth-order valence-corrected chi connectivity index (χ4v) is 4.86. The Morgan fingerprint density at radius 3 is 2.35 bits per heavy atom. The minimum Gasteiger partial charge on any atom is -0.473 e. The molecule has 0 aliphatic carbocycles. The number of benzene rings is 1.